The molecule has 0 aliphatic rings. The number of halogens is 1. The number of aliphatic hydroxyl groups excluding tert-OH is 1. The van der Waals surface area contributed by atoms with Crippen LogP contribution in [0.1, 0.15) is 35.7 Å². The lowest BCUT2D eigenvalue weighted by atomic mass is 10.0. The molecule has 1 N–H and O–H groups in total. The monoisotopic (exact) mass is 299 g/mol. The first-order chi connectivity index (χ1) is 9.36. The molecule has 0 unspecified atom stereocenters. The van der Waals surface area contributed by atoms with Crippen molar-refractivity contribution < 1.29 is 14.6 Å². The Labute approximate surface area is 125 Å². The summed E-state index contributed by atoms with van der Waals surface area (Å²) in [6, 6.07) is 5.32. The first-order valence-electron chi connectivity index (χ1n) is 6.58. The second-order valence-corrected chi connectivity index (χ2v) is 5.59. The molecule has 1 atom stereocenters. The van der Waals surface area contributed by atoms with Crippen LogP contribution in [0.2, 0.25) is 5.02 Å². The van der Waals surface area contributed by atoms with Crippen LogP contribution in [0, 0.1) is 0 Å². The molecular formula is C15H22ClNO3. The van der Waals surface area contributed by atoms with E-state index in [-0.39, 0.29) is 19.1 Å². The van der Waals surface area contributed by atoms with E-state index in [1.165, 1.54) is 12.0 Å². The average molecular weight is 300 g/mol. The van der Waals surface area contributed by atoms with Crippen molar-refractivity contribution in [3.63, 3.8) is 0 Å². The highest BCUT2D eigenvalue weighted by molar-refractivity contribution is 6.31. The van der Waals surface area contributed by atoms with Crippen molar-refractivity contribution in [3.8, 4) is 0 Å². The van der Waals surface area contributed by atoms with Crippen LogP contribution in [-0.4, -0.2) is 49.3 Å². The molecule has 0 heterocycles. The number of ether oxygens (including phenoxy) is 1. The first kappa shape index (κ1) is 17.0. The topological polar surface area (TPSA) is 49.8 Å². The number of benzene rings is 1. The van der Waals surface area contributed by atoms with Crippen LogP contribution in [0.25, 0.3) is 0 Å². The number of rotatable bonds is 6. The Morgan fingerprint density at radius 1 is 1.45 bits per heavy atom. The zero-order chi connectivity index (χ0) is 15.3. The highest BCUT2D eigenvalue weighted by Crippen LogP contribution is 2.25. The molecule has 0 saturated heterocycles. The highest BCUT2D eigenvalue weighted by Gasteiger charge is 2.17. The van der Waals surface area contributed by atoms with Crippen molar-refractivity contribution in [3.05, 3.63) is 34.3 Å². The molecule has 1 aromatic carbocycles. The van der Waals surface area contributed by atoms with Crippen molar-refractivity contribution >= 4 is 17.5 Å². The maximum atomic E-state index is 12.2. The SMILES string of the molecule is COC[C@@H](O)CN(C)C(=O)c1ccc(C(C)C)c(Cl)c1. The van der Waals surface area contributed by atoms with Gasteiger partial charge in [0.15, 0.2) is 0 Å². The van der Waals surface area contributed by atoms with Crippen molar-refractivity contribution in [1.82, 2.24) is 4.90 Å². The summed E-state index contributed by atoms with van der Waals surface area (Å²) < 4.78 is 4.84. The lowest BCUT2D eigenvalue weighted by Crippen LogP contribution is -2.36. The van der Waals surface area contributed by atoms with E-state index < -0.39 is 6.10 Å². The van der Waals surface area contributed by atoms with E-state index in [1.807, 2.05) is 6.07 Å². The smallest absolute Gasteiger partial charge is 0.253 e. The standard InChI is InChI=1S/C15H22ClNO3/c1-10(2)13-6-5-11(7-14(13)16)15(19)17(3)8-12(18)9-20-4/h5-7,10,12,18H,8-9H2,1-4H3/t12-/m0/s1. The molecule has 0 spiro atoms. The fourth-order valence-corrected chi connectivity index (χ4v) is 2.39. The van der Waals surface area contributed by atoms with Crippen molar-refractivity contribution in [1.29, 1.82) is 0 Å². The summed E-state index contributed by atoms with van der Waals surface area (Å²) in [5.74, 6) is 0.144. The summed E-state index contributed by atoms with van der Waals surface area (Å²) in [5.41, 5.74) is 1.54. The van der Waals surface area contributed by atoms with Crippen LogP contribution in [0.4, 0.5) is 0 Å². The van der Waals surface area contributed by atoms with Gasteiger partial charge in [0.25, 0.3) is 5.91 Å². The lowest BCUT2D eigenvalue weighted by molar-refractivity contribution is 0.0380. The van der Waals surface area contributed by atoms with E-state index in [0.717, 1.165) is 5.56 Å². The molecule has 0 fully saturated rings. The molecule has 0 aromatic heterocycles. The average Bonchev–Trinajstić information content (AvgIpc) is 2.37. The normalized spacial score (nSPS) is 12.6. The van der Waals surface area contributed by atoms with E-state index in [9.17, 15) is 9.90 Å². The minimum Gasteiger partial charge on any atom is -0.389 e. The number of carbonyl (C=O) groups excluding carboxylic acids is 1. The quantitative estimate of drug-likeness (QED) is 0.878. The van der Waals surface area contributed by atoms with Crippen molar-refractivity contribution in [2.24, 2.45) is 0 Å². The molecule has 4 nitrogen and oxygen atoms in total. The number of likely N-dealkylation sites (N-methyl/N-ethyl adjacent to an activating group) is 1. The Bertz CT molecular complexity index is 462. The number of methoxy groups -OCH3 is 1. The largest absolute Gasteiger partial charge is 0.389 e. The fraction of sp³-hybridized carbons (Fsp3) is 0.533. The first-order valence-corrected chi connectivity index (χ1v) is 6.96. The van der Waals surface area contributed by atoms with Crippen LogP contribution in [0.5, 0.6) is 0 Å². The summed E-state index contributed by atoms with van der Waals surface area (Å²) in [6.07, 6.45) is -0.695. The maximum absolute atomic E-state index is 12.2. The Hall–Kier alpha value is -1.10. The minimum absolute atomic E-state index is 0.169. The summed E-state index contributed by atoms with van der Waals surface area (Å²) in [4.78, 5) is 13.7. The van der Waals surface area contributed by atoms with E-state index in [0.29, 0.717) is 16.5 Å². The van der Waals surface area contributed by atoms with Crippen molar-refractivity contribution in [2.45, 2.75) is 25.9 Å². The summed E-state index contributed by atoms with van der Waals surface area (Å²) in [5, 5.41) is 10.2. The van der Waals surface area contributed by atoms with Gasteiger partial charge in [0.1, 0.15) is 0 Å². The molecule has 112 valence electrons. The van der Waals surface area contributed by atoms with E-state index >= 15 is 0 Å². The molecule has 1 aromatic rings. The molecule has 0 saturated carbocycles. The molecule has 0 radical (unpaired) electrons. The number of nitrogens with zero attached hydrogens (tertiary/aromatic N) is 1. The summed E-state index contributed by atoms with van der Waals surface area (Å²) in [7, 11) is 3.15. The van der Waals surface area contributed by atoms with Crippen LogP contribution < -0.4 is 0 Å². The molecule has 1 amide bonds. The molecule has 0 aliphatic carbocycles. The van der Waals surface area contributed by atoms with Gasteiger partial charge in [-0.3, -0.25) is 4.79 Å². The van der Waals surface area contributed by atoms with Gasteiger partial charge in [-0.05, 0) is 23.6 Å². The van der Waals surface area contributed by atoms with Gasteiger partial charge in [0, 0.05) is 31.3 Å². The molecule has 0 aliphatic heterocycles. The molecule has 1 rings (SSSR count). The van der Waals surface area contributed by atoms with Gasteiger partial charge >= 0.3 is 0 Å². The van der Waals surface area contributed by atoms with Crippen molar-refractivity contribution in [2.75, 3.05) is 27.3 Å². The Kier molecular flexibility index (Phi) is 6.46. The second kappa shape index (κ2) is 7.62. The summed E-state index contributed by atoms with van der Waals surface area (Å²) >= 11 is 6.19. The fourth-order valence-electron chi connectivity index (χ4n) is 1.99. The number of aliphatic hydroxyl groups is 1. The van der Waals surface area contributed by atoms with Crippen LogP contribution >= 0.6 is 11.6 Å². The van der Waals surface area contributed by atoms with Gasteiger partial charge in [0.05, 0.1) is 12.7 Å². The molecule has 20 heavy (non-hydrogen) atoms. The lowest BCUT2D eigenvalue weighted by Gasteiger charge is -2.21. The predicted molar refractivity (Wildman–Crippen MR) is 80.4 cm³/mol. The van der Waals surface area contributed by atoms with Gasteiger partial charge in [-0.15, -0.1) is 0 Å². The van der Waals surface area contributed by atoms with Crippen LogP contribution in [0.15, 0.2) is 18.2 Å². The Balaban J connectivity index is 2.79. The van der Waals surface area contributed by atoms with Crippen LogP contribution in [0.3, 0.4) is 0 Å². The summed E-state index contributed by atoms with van der Waals surface area (Å²) in [6.45, 7) is 4.52. The molecule has 5 heteroatoms. The van der Waals surface area contributed by atoms with E-state index in [2.05, 4.69) is 13.8 Å². The van der Waals surface area contributed by atoms with Gasteiger partial charge in [-0.1, -0.05) is 31.5 Å². The number of carbonyl (C=O) groups is 1. The highest BCUT2D eigenvalue weighted by atomic mass is 35.5. The maximum Gasteiger partial charge on any atom is 0.253 e. The number of hydrogen-bond donors (Lipinski definition) is 1. The minimum atomic E-state index is -0.695. The van der Waals surface area contributed by atoms with Gasteiger partial charge in [0.2, 0.25) is 0 Å². The number of amides is 1. The number of hydrogen-bond acceptors (Lipinski definition) is 3. The van der Waals surface area contributed by atoms with Crippen LogP contribution in [-0.2, 0) is 4.74 Å². The third-order valence-corrected chi connectivity index (χ3v) is 3.39. The van der Waals surface area contributed by atoms with Gasteiger partial charge < -0.3 is 14.7 Å². The predicted octanol–water partition coefficient (Wildman–Crippen LogP) is 2.54. The Morgan fingerprint density at radius 2 is 2.10 bits per heavy atom. The molecular weight excluding hydrogens is 278 g/mol. The molecule has 0 bridgehead atoms. The second-order valence-electron chi connectivity index (χ2n) is 5.19. The third-order valence-electron chi connectivity index (χ3n) is 3.06. The zero-order valence-corrected chi connectivity index (χ0v) is 13.1. The Morgan fingerprint density at radius 3 is 2.60 bits per heavy atom. The van der Waals surface area contributed by atoms with Gasteiger partial charge in [-0.25, -0.2) is 0 Å². The zero-order valence-electron chi connectivity index (χ0n) is 12.4. The van der Waals surface area contributed by atoms with E-state index in [1.54, 1.807) is 19.2 Å². The third kappa shape index (κ3) is 4.47. The van der Waals surface area contributed by atoms with E-state index in [4.69, 9.17) is 16.3 Å². The van der Waals surface area contributed by atoms with Gasteiger partial charge in [-0.2, -0.15) is 0 Å².